The second-order valence-corrected chi connectivity index (χ2v) is 8.20. The Morgan fingerprint density at radius 3 is 2.24 bits per heavy atom. The Morgan fingerprint density at radius 2 is 1.66 bits per heavy atom. The molecule has 0 aliphatic carbocycles. The normalized spacial score (nSPS) is 11.1. The van der Waals surface area contributed by atoms with Crippen LogP contribution in [0.3, 0.4) is 0 Å². The van der Waals surface area contributed by atoms with E-state index in [0.29, 0.717) is 22.7 Å². The fraction of sp³-hybridized carbons (Fsp3) is 0.143. The molecule has 0 unspecified atom stereocenters. The van der Waals surface area contributed by atoms with Gasteiger partial charge in [0.25, 0.3) is 15.9 Å². The monoisotopic (exact) mass is 411 g/mol. The van der Waals surface area contributed by atoms with Crippen molar-refractivity contribution in [2.45, 2.75) is 24.8 Å². The van der Waals surface area contributed by atoms with E-state index in [9.17, 15) is 13.2 Å². The lowest BCUT2D eigenvalue weighted by atomic mass is 10.2. The molecule has 1 aromatic heterocycles. The van der Waals surface area contributed by atoms with Gasteiger partial charge in [-0.05, 0) is 74.5 Å². The minimum Gasteiger partial charge on any atom is -0.491 e. The molecular weight excluding hydrogens is 390 g/mol. The van der Waals surface area contributed by atoms with Crippen molar-refractivity contribution in [3.05, 3.63) is 78.6 Å². The first-order chi connectivity index (χ1) is 13.8. The van der Waals surface area contributed by atoms with Gasteiger partial charge in [0, 0.05) is 17.4 Å². The number of amides is 1. The molecule has 2 aromatic carbocycles. The molecule has 3 aromatic rings. The third kappa shape index (κ3) is 5.55. The van der Waals surface area contributed by atoms with Crippen LogP contribution in [0.4, 0.5) is 11.4 Å². The van der Waals surface area contributed by atoms with Crippen LogP contribution < -0.4 is 14.8 Å². The number of nitrogens with one attached hydrogen (secondary N) is 2. The topological polar surface area (TPSA) is 97.4 Å². The van der Waals surface area contributed by atoms with Crippen molar-refractivity contribution in [1.82, 2.24) is 4.98 Å². The third-order valence-corrected chi connectivity index (χ3v) is 5.22. The molecule has 1 heterocycles. The van der Waals surface area contributed by atoms with Gasteiger partial charge in [0.15, 0.2) is 0 Å². The van der Waals surface area contributed by atoms with E-state index in [2.05, 4.69) is 15.0 Å². The maximum Gasteiger partial charge on any atom is 0.261 e. The number of sulfonamides is 1. The highest BCUT2D eigenvalue weighted by atomic mass is 32.2. The summed E-state index contributed by atoms with van der Waals surface area (Å²) in [5.74, 6) is 0.386. The molecule has 0 saturated carbocycles. The summed E-state index contributed by atoms with van der Waals surface area (Å²) in [6.45, 7) is 3.85. The maximum atomic E-state index is 12.4. The highest BCUT2D eigenvalue weighted by Crippen LogP contribution is 2.19. The highest BCUT2D eigenvalue weighted by molar-refractivity contribution is 7.92. The molecule has 7 nitrogen and oxygen atoms in total. The summed E-state index contributed by atoms with van der Waals surface area (Å²) in [5, 5.41) is 2.74. The van der Waals surface area contributed by atoms with Gasteiger partial charge in [-0.2, -0.15) is 0 Å². The van der Waals surface area contributed by atoms with Gasteiger partial charge in [-0.25, -0.2) is 8.42 Å². The van der Waals surface area contributed by atoms with Crippen molar-refractivity contribution in [1.29, 1.82) is 0 Å². The number of aromatic nitrogens is 1. The summed E-state index contributed by atoms with van der Waals surface area (Å²) in [6.07, 6.45) is 3.03. The minimum atomic E-state index is -3.74. The summed E-state index contributed by atoms with van der Waals surface area (Å²) < 4.78 is 32.9. The number of hydrogen-bond donors (Lipinski definition) is 2. The molecule has 0 atom stereocenters. The van der Waals surface area contributed by atoms with Crippen LogP contribution in [0.15, 0.2) is 78.0 Å². The average molecular weight is 411 g/mol. The van der Waals surface area contributed by atoms with Crippen LogP contribution in [-0.4, -0.2) is 25.4 Å². The van der Waals surface area contributed by atoms with Crippen molar-refractivity contribution in [3.8, 4) is 5.75 Å². The number of rotatable bonds is 7. The molecule has 0 fully saturated rings. The van der Waals surface area contributed by atoms with E-state index in [-0.39, 0.29) is 16.9 Å². The zero-order valence-electron chi connectivity index (χ0n) is 16.0. The summed E-state index contributed by atoms with van der Waals surface area (Å²) in [6, 6.07) is 16.0. The van der Waals surface area contributed by atoms with Crippen LogP contribution in [0.1, 0.15) is 24.2 Å². The summed E-state index contributed by atoms with van der Waals surface area (Å²) >= 11 is 0. The lowest BCUT2D eigenvalue weighted by Gasteiger charge is -2.11. The second-order valence-electron chi connectivity index (χ2n) is 6.52. The number of carbonyl (C=O) groups excluding carboxylic acids is 1. The predicted octanol–water partition coefficient (Wildman–Crippen LogP) is 3.92. The molecule has 1 amide bonds. The smallest absolute Gasteiger partial charge is 0.261 e. The molecule has 8 heteroatoms. The molecule has 0 radical (unpaired) electrons. The molecule has 0 spiro atoms. The van der Waals surface area contributed by atoms with E-state index in [0.717, 1.165) is 0 Å². The van der Waals surface area contributed by atoms with Gasteiger partial charge in [0.05, 0.1) is 22.9 Å². The zero-order valence-corrected chi connectivity index (χ0v) is 16.8. The number of carbonyl (C=O) groups is 1. The van der Waals surface area contributed by atoms with E-state index in [1.165, 1.54) is 30.5 Å². The van der Waals surface area contributed by atoms with Crippen LogP contribution in [0.5, 0.6) is 5.75 Å². The van der Waals surface area contributed by atoms with Crippen molar-refractivity contribution >= 4 is 27.3 Å². The Hall–Kier alpha value is -3.39. The van der Waals surface area contributed by atoms with Gasteiger partial charge in [0.2, 0.25) is 0 Å². The summed E-state index contributed by atoms with van der Waals surface area (Å²) in [4.78, 5) is 16.3. The Kier molecular flexibility index (Phi) is 6.13. The molecule has 0 bridgehead atoms. The molecule has 29 heavy (non-hydrogen) atoms. The fourth-order valence-electron chi connectivity index (χ4n) is 2.51. The number of benzene rings is 2. The van der Waals surface area contributed by atoms with E-state index in [1.54, 1.807) is 42.6 Å². The lowest BCUT2D eigenvalue weighted by Crippen LogP contribution is -2.14. The van der Waals surface area contributed by atoms with Crippen molar-refractivity contribution < 1.29 is 17.9 Å². The Labute approximate surface area is 169 Å². The molecule has 2 N–H and O–H groups in total. The van der Waals surface area contributed by atoms with Crippen LogP contribution in [-0.2, 0) is 10.0 Å². The molecule has 0 saturated heterocycles. The van der Waals surface area contributed by atoms with Crippen LogP contribution in [0.25, 0.3) is 0 Å². The molecule has 0 aliphatic heterocycles. The van der Waals surface area contributed by atoms with Gasteiger partial charge in [-0.15, -0.1) is 0 Å². The Bertz CT molecular complexity index is 1070. The number of pyridine rings is 1. The minimum absolute atomic E-state index is 0.0529. The third-order valence-electron chi connectivity index (χ3n) is 3.82. The van der Waals surface area contributed by atoms with Gasteiger partial charge < -0.3 is 10.1 Å². The molecule has 0 aliphatic rings. The molecule has 3 rings (SSSR count). The number of nitrogens with zero attached hydrogens (tertiary/aromatic N) is 1. The van der Waals surface area contributed by atoms with E-state index < -0.39 is 10.0 Å². The first-order valence-corrected chi connectivity index (χ1v) is 10.4. The number of anilines is 2. The van der Waals surface area contributed by atoms with Gasteiger partial charge in [0.1, 0.15) is 5.75 Å². The summed E-state index contributed by atoms with van der Waals surface area (Å²) in [5.41, 5.74) is 1.32. The van der Waals surface area contributed by atoms with Crippen molar-refractivity contribution in [2.24, 2.45) is 0 Å². The van der Waals surface area contributed by atoms with E-state index in [4.69, 9.17) is 4.74 Å². The molecule has 150 valence electrons. The van der Waals surface area contributed by atoms with Gasteiger partial charge in [-0.1, -0.05) is 0 Å². The summed E-state index contributed by atoms with van der Waals surface area (Å²) in [7, 11) is -3.74. The number of ether oxygens (including phenoxy) is 1. The standard InChI is InChI=1S/C21H21N3O4S/c1-15(2)28-19-9-5-16(6-10-19)21(25)23-17-7-11-20(12-8-17)29(26,27)24-18-4-3-13-22-14-18/h3-15,24H,1-2H3,(H,23,25). The van der Waals surface area contributed by atoms with Gasteiger partial charge in [-0.3, -0.25) is 14.5 Å². The van der Waals surface area contributed by atoms with E-state index in [1.807, 2.05) is 13.8 Å². The highest BCUT2D eigenvalue weighted by Gasteiger charge is 2.14. The van der Waals surface area contributed by atoms with Crippen LogP contribution in [0, 0.1) is 0 Å². The first kappa shape index (κ1) is 20.3. The number of hydrogen-bond acceptors (Lipinski definition) is 5. The van der Waals surface area contributed by atoms with Crippen LogP contribution >= 0.6 is 0 Å². The zero-order chi connectivity index (χ0) is 20.9. The SMILES string of the molecule is CC(C)Oc1ccc(C(=O)Nc2ccc(S(=O)(=O)Nc3cccnc3)cc2)cc1. The quantitative estimate of drug-likeness (QED) is 0.614. The molecular formula is C21H21N3O4S. The van der Waals surface area contributed by atoms with Crippen molar-refractivity contribution in [3.63, 3.8) is 0 Å². The predicted molar refractivity (Wildman–Crippen MR) is 112 cm³/mol. The maximum absolute atomic E-state index is 12.4. The largest absolute Gasteiger partial charge is 0.491 e. The lowest BCUT2D eigenvalue weighted by molar-refractivity contribution is 0.102. The van der Waals surface area contributed by atoms with Crippen LogP contribution in [0.2, 0.25) is 0 Å². The Morgan fingerprint density at radius 1 is 0.966 bits per heavy atom. The van der Waals surface area contributed by atoms with Gasteiger partial charge >= 0.3 is 0 Å². The van der Waals surface area contributed by atoms with E-state index >= 15 is 0 Å². The van der Waals surface area contributed by atoms with Crippen molar-refractivity contribution in [2.75, 3.05) is 10.0 Å². The average Bonchev–Trinajstić information content (AvgIpc) is 2.69. The second kappa shape index (κ2) is 8.74. The Balaban J connectivity index is 1.66. The first-order valence-electron chi connectivity index (χ1n) is 8.94. The fourth-order valence-corrected chi connectivity index (χ4v) is 3.56.